The maximum absolute atomic E-state index is 14.4. The summed E-state index contributed by atoms with van der Waals surface area (Å²) in [7, 11) is 0. The first-order valence-electron chi connectivity index (χ1n) is 14.5. The number of anilines is 3. The Morgan fingerprint density at radius 2 is 1.26 bits per heavy atom. The number of rotatable bonds is 8. The number of hydrogen-bond donors (Lipinski definition) is 0. The molecule has 42 heavy (non-hydrogen) atoms. The number of ether oxygens (including phenoxy) is 1. The highest BCUT2D eigenvalue weighted by atomic mass is 16.6. The van der Waals surface area contributed by atoms with Crippen molar-refractivity contribution >= 4 is 28.7 Å². The van der Waals surface area contributed by atoms with Crippen LogP contribution in [0.2, 0.25) is 0 Å². The Balaban J connectivity index is 1.68. The maximum Gasteiger partial charge on any atom is 0.269 e. The third-order valence-corrected chi connectivity index (χ3v) is 8.59. The molecule has 214 valence electrons. The normalized spacial score (nSPS) is 14.2. The molecule has 2 heterocycles. The van der Waals surface area contributed by atoms with Gasteiger partial charge in [-0.3, -0.25) is 19.8 Å². The zero-order valence-corrected chi connectivity index (χ0v) is 24.3. The minimum atomic E-state index is -1.05. The smallest absolute Gasteiger partial charge is 0.269 e. The molecule has 0 N–H and O–H groups in total. The van der Waals surface area contributed by atoms with E-state index in [-0.39, 0.29) is 11.6 Å². The van der Waals surface area contributed by atoms with E-state index in [9.17, 15) is 14.9 Å². The number of carbonyl (C=O) groups is 1. The molecule has 0 fully saturated rings. The van der Waals surface area contributed by atoms with E-state index in [0.717, 1.165) is 54.2 Å². The molecule has 8 heteroatoms. The van der Waals surface area contributed by atoms with Crippen LogP contribution in [-0.4, -0.2) is 37.0 Å². The maximum atomic E-state index is 14.4. The molecule has 0 saturated heterocycles. The summed E-state index contributed by atoms with van der Waals surface area (Å²) in [4.78, 5) is 31.7. The van der Waals surface area contributed by atoms with E-state index < -0.39 is 10.5 Å². The van der Waals surface area contributed by atoms with Gasteiger partial charge in [-0.2, -0.15) is 0 Å². The van der Waals surface area contributed by atoms with E-state index >= 15 is 0 Å². The zero-order valence-electron chi connectivity index (χ0n) is 24.3. The van der Waals surface area contributed by atoms with Crippen LogP contribution in [0.1, 0.15) is 54.7 Å². The van der Waals surface area contributed by atoms with Gasteiger partial charge < -0.3 is 14.5 Å². The molecule has 0 aromatic heterocycles. The molecule has 8 nitrogen and oxygen atoms in total. The van der Waals surface area contributed by atoms with E-state index in [4.69, 9.17) is 4.74 Å². The molecule has 1 spiro atoms. The summed E-state index contributed by atoms with van der Waals surface area (Å²) >= 11 is 0. The number of carbonyl (C=O) groups excluding carboxylic acids is 1. The molecule has 0 aliphatic carbocycles. The molecule has 4 aromatic carbocycles. The summed E-state index contributed by atoms with van der Waals surface area (Å²) in [5, 5.41) is 11.5. The predicted octanol–water partition coefficient (Wildman–Crippen LogP) is 7.35. The minimum Gasteiger partial charge on any atom is -0.456 e. The van der Waals surface area contributed by atoms with Gasteiger partial charge in [-0.1, -0.05) is 30.3 Å². The van der Waals surface area contributed by atoms with Gasteiger partial charge in [-0.05, 0) is 58.0 Å². The first kappa shape index (κ1) is 27.3. The fraction of sp³-hybridized carbons (Fsp3) is 0.265. The van der Waals surface area contributed by atoms with Crippen LogP contribution in [0.4, 0.5) is 22.7 Å². The largest absolute Gasteiger partial charge is 0.456 e. The number of non-ortho nitro benzene ring substituents is 1. The zero-order chi connectivity index (χ0) is 29.6. The van der Waals surface area contributed by atoms with Gasteiger partial charge in [0, 0.05) is 89.8 Å². The van der Waals surface area contributed by atoms with Crippen molar-refractivity contribution in [1.82, 2.24) is 0 Å². The molecule has 2 aliphatic rings. The number of nitrogens with zero attached hydrogens (tertiary/aromatic N) is 4. The second-order valence-corrected chi connectivity index (χ2v) is 10.5. The Bertz CT molecular complexity index is 1610. The highest BCUT2D eigenvalue weighted by Crippen LogP contribution is 2.59. The predicted molar refractivity (Wildman–Crippen MR) is 166 cm³/mol. The Kier molecular flexibility index (Phi) is 6.85. The van der Waals surface area contributed by atoms with Gasteiger partial charge in [0.2, 0.25) is 0 Å². The Morgan fingerprint density at radius 1 is 0.738 bits per heavy atom. The van der Waals surface area contributed by atoms with Gasteiger partial charge >= 0.3 is 0 Å². The van der Waals surface area contributed by atoms with Crippen LogP contribution >= 0.6 is 0 Å². The van der Waals surface area contributed by atoms with E-state index in [1.807, 2.05) is 24.3 Å². The Labute approximate surface area is 245 Å². The molecule has 0 unspecified atom stereocenters. The SMILES string of the molecule is CCN(CC)c1ccc2c(c1)Oc1cc(N(CC)CC)ccc1C21c2ccccc2C(=O)N1c1ccc([N+](=O)[O-])cc1. The lowest BCUT2D eigenvalue weighted by Gasteiger charge is -2.44. The highest BCUT2D eigenvalue weighted by Gasteiger charge is 2.57. The van der Waals surface area contributed by atoms with Crippen molar-refractivity contribution < 1.29 is 14.5 Å². The van der Waals surface area contributed by atoms with Crippen molar-refractivity contribution in [3.63, 3.8) is 0 Å². The van der Waals surface area contributed by atoms with Crippen LogP contribution in [0, 0.1) is 10.1 Å². The van der Waals surface area contributed by atoms with Gasteiger partial charge in [-0.15, -0.1) is 0 Å². The Hall–Kier alpha value is -4.85. The topological polar surface area (TPSA) is 79.2 Å². The Morgan fingerprint density at radius 3 is 1.76 bits per heavy atom. The van der Waals surface area contributed by atoms with Crippen LogP contribution < -0.4 is 19.4 Å². The summed E-state index contributed by atoms with van der Waals surface area (Å²) < 4.78 is 6.73. The lowest BCUT2D eigenvalue weighted by atomic mass is 9.74. The number of nitro groups is 1. The van der Waals surface area contributed by atoms with Crippen LogP contribution in [-0.2, 0) is 5.54 Å². The third-order valence-electron chi connectivity index (χ3n) is 8.59. The van der Waals surface area contributed by atoms with Crippen molar-refractivity contribution in [2.75, 3.05) is 40.9 Å². The average molecular weight is 563 g/mol. The summed E-state index contributed by atoms with van der Waals surface area (Å²) in [5.74, 6) is 1.19. The summed E-state index contributed by atoms with van der Waals surface area (Å²) in [6.07, 6.45) is 0. The molecular formula is C34H34N4O4. The third kappa shape index (κ3) is 3.93. The first-order chi connectivity index (χ1) is 20.4. The lowest BCUT2D eigenvalue weighted by Crippen LogP contribution is -2.47. The summed E-state index contributed by atoms with van der Waals surface area (Å²) in [5.41, 5.74) is 4.71. The molecule has 6 rings (SSSR count). The van der Waals surface area contributed by atoms with Gasteiger partial charge in [0.15, 0.2) is 0 Å². The number of fused-ring (bicyclic) bond motifs is 6. The molecule has 4 aromatic rings. The molecule has 1 amide bonds. The van der Waals surface area contributed by atoms with Crippen LogP contribution in [0.25, 0.3) is 0 Å². The standard InChI is InChI=1S/C34H34N4O4/c1-5-35(6-2)25-17-19-29-31(21-25)42-32-22-26(36(7-3)8-4)18-20-30(32)34(29)28-12-10-9-11-27(28)33(39)37(34)23-13-15-24(16-14-23)38(40)41/h9-22H,5-8H2,1-4H3. The molecular weight excluding hydrogens is 528 g/mol. The van der Waals surface area contributed by atoms with Crippen LogP contribution in [0.3, 0.4) is 0 Å². The van der Waals surface area contributed by atoms with E-state index in [2.05, 4.69) is 73.9 Å². The van der Waals surface area contributed by atoms with Gasteiger partial charge in [-0.25, -0.2) is 0 Å². The number of amides is 1. The van der Waals surface area contributed by atoms with E-state index in [1.54, 1.807) is 17.0 Å². The quantitative estimate of drug-likeness (QED) is 0.165. The van der Waals surface area contributed by atoms with Crippen LogP contribution in [0.5, 0.6) is 11.5 Å². The van der Waals surface area contributed by atoms with Gasteiger partial charge in [0.25, 0.3) is 11.6 Å². The second kappa shape index (κ2) is 10.5. The second-order valence-electron chi connectivity index (χ2n) is 10.5. The van der Waals surface area contributed by atoms with Crippen molar-refractivity contribution in [3.8, 4) is 11.5 Å². The summed E-state index contributed by atoms with van der Waals surface area (Å²) in [6.45, 7) is 11.9. The number of benzene rings is 4. The average Bonchev–Trinajstić information content (AvgIpc) is 3.27. The molecule has 0 atom stereocenters. The van der Waals surface area contributed by atoms with E-state index in [1.165, 1.54) is 12.1 Å². The van der Waals surface area contributed by atoms with E-state index in [0.29, 0.717) is 22.7 Å². The van der Waals surface area contributed by atoms with Crippen molar-refractivity contribution in [2.45, 2.75) is 33.2 Å². The van der Waals surface area contributed by atoms with Gasteiger partial charge in [0.05, 0.1) is 4.92 Å². The fourth-order valence-corrected chi connectivity index (χ4v) is 6.57. The number of hydrogen-bond acceptors (Lipinski definition) is 6. The van der Waals surface area contributed by atoms with Crippen LogP contribution in [0.15, 0.2) is 84.9 Å². The minimum absolute atomic E-state index is 0.0301. The van der Waals surface area contributed by atoms with Crippen molar-refractivity contribution in [2.24, 2.45) is 0 Å². The lowest BCUT2D eigenvalue weighted by molar-refractivity contribution is -0.384. The number of nitro benzene ring substituents is 1. The summed E-state index contributed by atoms with van der Waals surface area (Å²) in [6, 6.07) is 26.4. The molecule has 2 aliphatic heterocycles. The first-order valence-corrected chi connectivity index (χ1v) is 14.5. The monoisotopic (exact) mass is 562 g/mol. The highest BCUT2D eigenvalue weighted by molar-refractivity contribution is 6.14. The van der Waals surface area contributed by atoms with Crippen molar-refractivity contribution in [1.29, 1.82) is 0 Å². The van der Waals surface area contributed by atoms with Crippen molar-refractivity contribution in [3.05, 3.63) is 117 Å². The fourth-order valence-electron chi connectivity index (χ4n) is 6.57. The molecule has 0 radical (unpaired) electrons. The molecule has 0 bridgehead atoms. The molecule has 0 saturated carbocycles. The van der Waals surface area contributed by atoms with Gasteiger partial charge in [0.1, 0.15) is 17.0 Å².